The Balaban J connectivity index is 0.000000605. The third-order valence-electron chi connectivity index (χ3n) is 2.60. The SMILES string of the molecule is Cl.FC1(F)C[C@H]2CNC[C@@H]2C1. The Morgan fingerprint density at radius 1 is 1.09 bits per heavy atom. The molecule has 0 aromatic carbocycles. The van der Waals surface area contributed by atoms with Crippen LogP contribution >= 0.6 is 12.4 Å². The molecule has 1 aliphatic heterocycles. The monoisotopic (exact) mass is 183 g/mol. The zero-order chi connectivity index (χ0) is 7.19. The van der Waals surface area contributed by atoms with E-state index < -0.39 is 5.92 Å². The highest BCUT2D eigenvalue weighted by Crippen LogP contribution is 2.44. The number of halogens is 3. The van der Waals surface area contributed by atoms with Crippen molar-refractivity contribution in [2.45, 2.75) is 18.8 Å². The Morgan fingerprint density at radius 2 is 1.55 bits per heavy atom. The molecule has 2 aliphatic rings. The summed E-state index contributed by atoms with van der Waals surface area (Å²) in [5, 5.41) is 3.13. The maximum Gasteiger partial charge on any atom is 0.248 e. The quantitative estimate of drug-likeness (QED) is 0.603. The summed E-state index contributed by atoms with van der Waals surface area (Å²) in [6.45, 7) is 1.61. The molecular formula is C7H12ClF2N. The lowest BCUT2D eigenvalue weighted by atomic mass is 10.0. The van der Waals surface area contributed by atoms with Crippen LogP contribution in [-0.4, -0.2) is 19.0 Å². The van der Waals surface area contributed by atoms with Crippen LogP contribution in [0.2, 0.25) is 0 Å². The molecule has 2 rings (SSSR count). The topological polar surface area (TPSA) is 12.0 Å². The molecule has 0 spiro atoms. The van der Waals surface area contributed by atoms with Crippen LogP contribution < -0.4 is 5.32 Å². The summed E-state index contributed by atoms with van der Waals surface area (Å²) < 4.78 is 25.3. The minimum absolute atomic E-state index is 0. The van der Waals surface area contributed by atoms with Crippen LogP contribution in [-0.2, 0) is 0 Å². The maximum absolute atomic E-state index is 12.6. The van der Waals surface area contributed by atoms with E-state index in [-0.39, 0.29) is 37.1 Å². The molecule has 1 heterocycles. The van der Waals surface area contributed by atoms with E-state index in [0.29, 0.717) is 0 Å². The van der Waals surface area contributed by atoms with Crippen molar-refractivity contribution >= 4 is 12.4 Å². The minimum Gasteiger partial charge on any atom is -0.316 e. The van der Waals surface area contributed by atoms with E-state index in [0.717, 1.165) is 13.1 Å². The van der Waals surface area contributed by atoms with E-state index in [1.807, 2.05) is 0 Å². The molecule has 4 heteroatoms. The summed E-state index contributed by atoms with van der Waals surface area (Å²) in [5.74, 6) is -1.83. The first-order valence-corrected chi connectivity index (χ1v) is 3.76. The van der Waals surface area contributed by atoms with Crippen LogP contribution in [0, 0.1) is 11.8 Å². The molecule has 1 saturated carbocycles. The Bertz CT molecular complexity index is 137. The average molecular weight is 184 g/mol. The summed E-state index contributed by atoms with van der Waals surface area (Å²) >= 11 is 0. The van der Waals surface area contributed by atoms with E-state index in [4.69, 9.17) is 0 Å². The van der Waals surface area contributed by atoms with Gasteiger partial charge >= 0.3 is 0 Å². The molecule has 0 aromatic rings. The zero-order valence-electron chi connectivity index (χ0n) is 6.15. The highest BCUT2D eigenvalue weighted by molar-refractivity contribution is 5.85. The number of hydrogen-bond donors (Lipinski definition) is 1. The second kappa shape index (κ2) is 2.87. The van der Waals surface area contributed by atoms with Gasteiger partial charge in [0.05, 0.1) is 0 Å². The summed E-state index contributed by atoms with van der Waals surface area (Å²) in [5.41, 5.74) is 0. The summed E-state index contributed by atoms with van der Waals surface area (Å²) in [6.07, 6.45) is 0.231. The fourth-order valence-electron chi connectivity index (χ4n) is 2.12. The molecule has 1 N–H and O–H groups in total. The predicted molar refractivity (Wildman–Crippen MR) is 41.3 cm³/mol. The molecule has 0 aromatic heterocycles. The fraction of sp³-hybridized carbons (Fsp3) is 1.00. The molecular weight excluding hydrogens is 172 g/mol. The van der Waals surface area contributed by atoms with Gasteiger partial charge in [0.2, 0.25) is 5.92 Å². The van der Waals surface area contributed by atoms with E-state index >= 15 is 0 Å². The molecule has 1 nitrogen and oxygen atoms in total. The van der Waals surface area contributed by atoms with Gasteiger partial charge in [-0.2, -0.15) is 0 Å². The molecule has 11 heavy (non-hydrogen) atoms. The van der Waals surface area contributed by atoms with Crippen LogP contribution in [0.25, 0.3) is 0 Å². The Morgan fingerprint density at radius 3 is 2.00 bits per heavy atom. The lowest BCUT2D eigenvalue weighted by Gasteiger charge is -2.08. The van der Waals surface area contributed by atoms with Gasteiger partial charge in [0.15, 0.2) is 0 Å². The van der Waals surface area contributed by atoms with Gasteiger partial charge in [0, 0.05) is 12.8 Å². The molecule has 0 radical (unpaired) electrons. The fourth-order valence-corrected chi connectivity index (χ4v) is 2.12. The van der Waals surface area contributed by atoms with Gasteiger partial charge in [-0.05, 0) is 24.9 Å². The Labute approximate surface area is 71.0 Å². The number of hydrogen-bond acceptors (Lipinski definition) is 1. The first-order chi connectivity index (χ1) is 4.67. The van der Waals surface area contributed by atoms with Gasteiger partial charge < -0.3 is 5.32 Å². The Kier molecular flexibility index (Phi) is 2.40. The van der Waals surface area contributed by atoms with Crippen LogP contribution in [0.5, 0.6) is 0 Å². The van der Waals surface area contributed by atoms with Crippen LogP contribution in [0.3, 0.4) is 0 Å². The third-order valence-corrected chi connectivity index (χ3v) is 2.60. The van der Waals surface area contributed by atoms with Crippen molar-refractivity contribution in [3.8, 4) is 0 Å². The molecule has 2 fully saturated rings. The first kappa shape index (κ1) is 9.20. The van der Waals surface area contributed by atoms with Crippen LogP contribution in [0.15, 0.2) is 0 Å². The smallest absolute Gasteiger partial charge is 0.248 e. The van der Waals surface area contributed by atoms with E-state index in [9.17, 15) is 8.78 Å². The highest BCUT2D eigenvalue weighted by Gasteiger charge is 2.47. The van der Waals surface area contributed by atoms with Crippen LogP contribution in [0.4, 0.5) is 8.78 Å². The van der Waals surface area contributed by atoms with Crippen molar-refractivity contribution in [1.82, 2.24) is 5.32 Å². The lowest BCUT2D eigenvalue weighted by molar-refractivity contribution is 0.00112. The van der Waals surface area contributed by atoms with E-state index in [1.165, 1.54) is 0 Å². The van der Waals surface area contributed by atoms with Crippen molar-refractivity contribution in [1.29, 1.82) is 0 Å². The van der Waals surface area contributed by atoms with Crippen molar-refractivity contribution in [2.75, 3.05) is 13.1 Å². The molecule has 1 aliphatic carbocycles. The molecule has 0 unspecified atom stereocenters. The van der Waals surface area contributed by atoms with Crippen molar-refractivity contribution < 1.29 is 8.78 Å². The number of rotatable bonds is 0. The predicted octanol–water partition coefficient (Wildman–Crippen LogP) is 1.67. The average Bonchev–Trinajstić information content (AvgIpc) is 2.20. The highest BCUT2D eigenvalue weighted by atomic mass is 35.5. The van der Waals surface area contributed by atoms with Crippen molar-refractivity contribution in [2.24, 2.45) is 11.8 Å². The number of fused-ring (bicyclic) bond motifs is 1. The van der Waals surface area contributed by atoms with Gasteiger partial charge in [-0.3, -0.25) is 0 Å². The van der Waals surface area contributed by atoms with Crippen molar-refractivity contribution in [3.05, 3.63) is 0 Å². The molecule has 0 bridgehead atoms. The standard InChI is InChI=1S/C7H11F2N.ClH/c8-7(9)1-5-3-10-4-6(5)2-7;/h5-6,10H,1-4H2;1H/t5-,6-;/m0./s1. The summed E-state index contributed by atoms with van der Waals surface area (Å²) in [7, 11) is 0. The third kappa shape index (κ3) is 1.64. The van der Waals surface area contributed by atoms with Crippen molar-refractivity contribution in [3.63, 3.8) is 0 Å². The summed E-state index contributed by atoms with van der Waals surface area (Å²) in [4.78, 5) is 0. The normalized spacial score (nSPS) is 39.8. The Hall–Kier alpha value is 0.110. The molecule has 0 amide bonds. The largest absolute Gasteiger partial charge is 0.316 e. The molecule has 2 atom stereocenters. The van der Waals surface area contributed by atoms with Gasteiger partial charge in [0.1, 0.15) is 0 Å². The first-order valence-electron chi connectivity index (χ1n) is 3.76. The zero-order valence-corrected chi connectivity index (χ0v) is 6.96. The molecule has 1 saturated heterocycles. The maximum atomic E-state index is 12.6. The second-order valence-corrected chi connectivity index (χ2v) is 3.44. The van der Waals surface area contributed by atoms with E-state index in [1.54, 1.807) is 0 Å². The van der Waals surface area contributed by atoms with Gasteiger partial charge in [-0.1, -0.05) is 0 Å². The van der Waals surface area contributed by atoms with E-state index in [2.05, 4.69) is 5.32 Å². The summed E-state index contributed by atoms with van der Waals surface area (Å²) in [6, 6.07) is 0. The van der Waals surface area contributed by atoms with Gasteiger partial charge in [-0.15, -0.1) is 12.4 Å². The minimum atomic E-state index is -2.35. The van der Waals surface area contributed by atoms with Gasteiger partial charge in [-0.25, -0.2) is 8.78 Å². The van der Waals surface area contributed by atoms with Gasteiger partial charge in [0.25, 0.3) is 0 Å². The van der Waals surface area contributed by atoms with Crippen LogP contribution in [0.1, 0.15) is 12.8 Å². The number of alkyl halides is 2. The second-order valence-electron chi connectivity index (χ2n) is 3.44. The lowest BCUT2D eigenvalue weighted by Crippen LogP contribution is -2.17. The number of nitrogens with one attached hydrogen (secondary N) is 1. The molecule has 66 valence electrons.